The fourth-order valence-electron chi connectivity index (χ4n) is 2.04. The van der Waals surface area contributed by atoms with Gasteiger partial charge in [0.15, 0.2) is 0 Å². The fourth-order valence-corrected chi connectivity index (χ4v) is 2.04. The molecule has 0 bridgehead atoms. The number of aryl methyl sites for hydroxylation is 2. The number of carbonyl (C=O) groups is 1. The van der Waals surface area contributed by atoms with Crippen LogP contribution in [0.25, 0.3) is 5.95 Å². The first kappa shape index (κ1) is 14.0. The van der Waals surface area contributed by atoms with Crippen LogP contribution in [0.5, 0.6) is 0 Å². The molecule has 7 nitrogen and oxygen atoms in total. The van der Waals surface area contributed by atoms with Gasteiger partial charge in [-0.1, -0.05) is 0 Å². The van der Waals surface area contributed by atoms with Crippen molar-refractivity contribution >= 4 is 5.91 Å². The van der Waals surface area contributed by atoms with Crippen molar-refractivity contribution in [2.45, 2.75) is 34.1 Å². The first-order valence-corrected chi connectivity index (χ1v) is 6.22. The minimum atomic E-state index is -0.419. The molecule has 2 aromatic rings. The van der Waals surface area contributed by atoms with Gasteiger partial charge >= 0.3 is 0 Å². The van der Waals surface area contributed by atoms with Crippen LogP contribution >= 0.6 is 0 Å². The van der Waals surface area contributed by atoms with Gasteiger partial charge in [0.2, 0.25) is 11.9 Å². The maximum absolute atomic E-state index is 11.8. The van der Waals surface area contributed by atoms with Gasteiger partial charge in [0, 0.05) is 22.5 Å². The Bertz CT molecular complexity index is 742. The van der Waals surface area contributed by atoms with E-state index in [4.69, 9.17) is 5.73 Å². The number of hydrogen-bond acceptors (Lipinski definition) is 4. The Hall–Kier alpha value is -2.44. The summed E-state index contributed by atoms with van der Waals surface area (Å²) in [6.07, 6.45) is 0.118. The van der Waals surface area contributed by atoms with Gasteiger partial charge in [0.05, 0.1) is 12.1 Å². The molecule has 2 heterocycles. The van der Waals surface area contributed by atoms with Crippen LogP contribution in [0.3, 0.4) is 0 Å². The van der Waals surface area contributed by atoms with Crippen molar-refractivity contribution < 1.29 is 4.79 Å². The standard InChI is InChI=1S/C13H17N5O2/c1-6-7(2)15-13(16-12(6)20)18-9(4)10(5-11(14)19)8(3)17-18/h5H2,1-4H3,(H2,14,19)(H,15,16,20). The lowest BCUT2D eigenvalue weighted by Gasteiger charge is -2.06. The number of H-pyrrole nitrogens is 1. The van der Waals surface area contributed by atoms with Crippen LogP contribution in [-0.2, 0) is 11.2 Å². The average Bonchev–Trinajstić information content (AvgIpc) is 2.63. The highest BCUT2D eigenvalue weighted by atomic mass is 16.1. The Morgan fingerprint density at radius 2 is 1.90 bits per heavy atom. The summed E-state index contributed by atoms with van der Waals surface area (Å²) in [6.45, 7) is 7.09. The van der Waals surface area contributed by atoms with Crippen LogP contribution in [0.15, 0.2) is 4.79 Å². The predicted molar refractivity (Wildman–Crippen MR) is 73.8 cm³/mol. The molecular formula is C13H17N5O2. The zero-order chi connectivity index (χ0) is 15.0. The molecule has 3 N–H and O–H groups in total. The minimum Gasteiger partial charge on any atom is -0.369 e. The van der Waals surface area contributed by atoms with Gasteiger partial charge in [-0.2, -0.15) is 5.10 Å². The molecule has 0 aliphatic carbocycles. The molecule has 0 fully saturated rings. The third-order valence-corrected chi connectivity index (χ3v) is 3.38. The topological polar surface area (TPSA) is 107 Å². The maximum atomic E-state index is 11.8. The third kappa shape index (κ3) is 2.34. The van der Waals surface area contributed by atoms with Crippen molar-refractivity contribution in [3.63, 3.8) is 0 Å². The quantitative estimate of drug-likeness (QED) is 0.835. The van der Waals surface area contributed by atoms with E-state index in [1.807, 2.05) is 6.92 Å². The summed E-state index contributed by atoms with van der Waals surface area (Å²) < 4.78 is 1.53. The lowest BCUT2D eigenvalue weighted by atomic mass is 10.1. The molecule has 0 unspecified atom stereocenters. The lowest BCUT2D eigenvalue weighted by molar-refractivity contribution is -0.117. The van der Waals surface area contributed by atoms with E-state index in [0.29, 0.717) is 22.9 Å². The molecule has 2 rings (SSSR count). The van der Waals surface area contributed by atoms with Crippen molar-refractivity contribution in [1.82, 2.24) is 19.7 Å². The van der Waals surface area contributed by atoms with E-state index >= 15 is 0 Å². The summed E-state index contributed by atoms with van der Waals surface area (Å²) in [6, 6.07) is 0. The summed E-state index contributed by atoms with van der Waals surface area (Å²) in [5, 5.41) is 4.32. The number of nitrogens with one attached hydrogen (secondary N) is 1. The number of rotatable bonds is 3. The number of amides is 1. The highest BCUT2D eigenvalue weighted by Gasteiger charge is 2.16. The largest absolute Gasteiger partial charge is 0.369 e. The van der Waals surface area contributed by atoms with Crippen molar-refractivity contribution in [3.8, 4) is 5.95 Å². The maximum Gasteiger partial charge on any atom is 0.255 e. The van der Waals surface area contributed by atoms with Gasteiger partial charge in [-0.3, -0.25) is 14.6 Å². The average molecular weight is 275 g/mol. The van der Waals surface area contributed by atoms with E-state index in [0.717, 1.165) is 11.3 Å². The highest BCUT2D eigenvalue weighted by Crippen LogP contribution is 2.16. The second-order valence-electron chi connectivity index (χ2n) is 4.80. The zero-order valence-corrected chi connectivity index (χ0v) is 11.9. The van der Waals surface area contributed by atoms with Crippen LogP contribution in [-0.4, -0.2) is 25.7 Å². The molecule has 1 amide bonds. The van der Waals surface area contributed by atoms with E-state index in [1.165, 1.54) is 4.68 Å². The zero-order valence-electron chi connectivity index (χ0n) is 11.9. The van der Waals surface area contributed by atoms with Crippen LogP contribution in [0.4, 0.5) is 0 Å². The van der Waals surface area contributed by atoms with Crippen molar-refractivity contribution in [2.75, 3.05) is 0 Å². The monoisotopic (exact) mass is 275 g/mol. The Morgan fingerprint density at radius 1 is 1.25 bits per heavy atom. The van der Waals surface area contributed by atoms with Gasteiger partial charge in [0.1, 0.15) is 0 Å². The van der Waals surface area contributed by atoms with Gasteiger partial charge in [-0.15, -0.1) is 0 Å². The van der Waals surface area contributed by atoms with Crippen molar-refractivity contribution in [1.29, 1.82) is 0 Å². The first-order chi connectivity index (χ1) is 9.31. The van der Waals surface area contributed by atoms with Crippen molar-refractivity contribution in [2.24, 2.45) is 5.73 Å². The number of aromatic nitrogens is 4. The molecule has 2 aromatic heterocycles. The second-order valence-corrected chi connectivity index (χ2v) is 4.80. The first-order valence-electron chi connectivity index (χ1n) is 6.22. The van der Waals surface area contributed by atoms with Gasteiger partial charge in [-0.05, 0) is 27.7 Å². The molecule has 0 radical (unpaired) electrons. The van der Waals surface area contributed by atoms with Crippen molar-refractivity contribution in [3.05, 3.63) is 38.6 Å². The Labute approximate surface area is 115 Å². The summed E-state index contributed by atoms with van der Waals surface area (Å²) in [5.74, 6) is -0.0771. The third-order valence-electron chi connectivity index (χ3n) is 3.38. The SMILES string of the molecule is Cc1nn(-c2nc(C)c(C)c(=O)[nH]2)c(C)c1CC(N)=O. The van der Waals surface area contributed by atoms with E-state index in [1.54, 1.807) is 20.8 Å². The van der Waals surface area contributed by atoms with E-state index in [9.17, 15) is 9.59 Å². The van der Waals surface area contributed by atoms with E-state index < -0.39 is 5.91 Å². The summed E-state index contributed by atoms with van der Waals surface area (Å²) in [7, 11) is 0. The number of nitrogens with two attached hydrogens (primary N) is 1. The predicted octanol–water partition coefficient (Wildman–Crippen LogP) is 0.217. The Kier molecular flexibility index (Phi) is 3.44. The molecule has 106 valence electrons. The van der Waals surface area contributed by atoms with Gasteiger partial charge in [-0.25, -0.2) is 9.67 Å². The molecule has 0 saturated carbocycles. The molecule has 0 saturated heterocycles. The molecule has 0 aliphatic rings. The number of primary amides is 1. The summed E-state index contributed by atoms with van der Waals surface area (Å²) in [4.78, 5) is 29.9. The van der Waals surface area contributed by atoms with Crippen LogP contribution in [0.1, 0.15) is 28.2 Å². The molecule has 0 atom stereocenters. The van der Waals surface area contributed by atoms with Gasteiger partial charge in [0.25, 0.3) is 5.56 Å². The molecule has 20 heavy (non-hydrogen) atoms. The van der Waals surface area contributed by atoms with Crippen LogP contribution < -0.4 is 11.3 Å². The minimum absolute atomic E-state index is 0.118. The molecular weight excluding hydrogens is 258 g/mol. The van der Waals surface area contributed by atoms with Crippen LogP contribution in [0, 0.1) is 27.7 Å². The van der Waals surface area contributed by atoms with E-state index in [-0.39, 0.29) is 12.0 Å². The smallest absolute Gasteiger partial charge is 0.255 e. The fraction of sp³-hybridized carbons (Fsp3) is 0.385. The second kappa shape index (κ2) is 4.92. The Morgan fingerprint density at radius 3 is 2.45 bits per heavy atom. The number of nitrogens with zero attached hydrogens (tertiary/aromatic N) is 3. The van der Waals surface area contributed by atoms with Crippen LogP contribution in [0.2, 0.25) is 0 Å². The molecule has 7 heteroatoms. The lowest BCUT2D eigenvalue weighted by Crippen LogP contribution is -2.19. The summed E-state index contributed by atoms with van der Waals surface area (Å²) >= 11 is 0. The molecule has 0 aliphatic heterocycles. The number of aromatic amines is 1. The highest BCUT2D eigenvalue weighted by molar-refractivity contribution is 5.77. The summed E-state index contributed by atoms with van der Waals surface area (Å²) in [5.41, 5.74) is 8.46. The molecule has 0 aromatic carbocycles. The molecule has 0 spiro atoms. The normalized spacial score (nSPS) is 10.8. The van der Waals surface area contributed by atoms with Gasteiger partial charge < -0.3 is 5.73 Å². The number of hydrogen-bond donors (Lipinski definition) is 2. The Balaban J connectivity index is 2.60. The number of carbonyl (C=O) groups excluding carboxylic acids is 1. The van der Waals surface area contributed by atoms with E-state index in [2.05, 4.69) is 15.1 Å².